The summed E-state index contributed by atoms with van der Waals surface area (Å²) in [5.41, 5.74) is 0.0299. The highest BCUT2D eigenvalue weighted by Crippen LogP contribution is 2.52. The summed E-state index contributed by atoms with van der Waals surface area (Å²) < 4.78 is 29.2. The molecule has 2 aromatic rings. The molecule has 0 saturated heterocycles. The van der Waals surface area contributed by atoms with E-state index >= 15 is 0 Å². The number of hydrogen-bond donors (Lipinski definition) is 0. The summed E-state index contributed by atoms with van der Waals surface area (Å²) in [6.07, 6.45) is 0. The van der Waals surface area contributed by atoms with Crippen LogP contribution in [0.1, 0.15) is 19.4 Å². The van der Waals surface area contributed by atoms with Gasteiger partial charge in [-0.1, -0.05) is 58.2 Å². The number of hydrogen-bond acceptors (Lipinski definition) is 7. The first kappa shape index (κ1) is 24.7. The standard InChI is InChI=1S/C19H19Cl3NO6P/c1-3-27-30(25,28-4-2)19(14-7-5-6-8-15(14)20)23-29-18(24)12-26-13-9-10-16(21)17(22)11-13/h5-11H,3-4,12H2,1-2H3. The highest BCUT2D eigenvalue weighted by molar-refractivity contribution is 7.73. The van der Waals surface area contributed by atoms with Crippen LogP contribution in [0.25, 0.3) is 0 Å². The second-order valence-electron chi connectivity index (χ2n) is 5.56. The summed E-state index contributed by atoms with van der Waals surface area (Å²) in [4.78, 5) is 17.0. The van der Waals surface area contributed by atoms with Crippen molar-refractivity contribution in [2.45, 2.75) is 13.8 Å². The average Bonchev–Trinajstić information content (AvgIpc) is 2.70. The van der Waals surface area contributed by atoms with Crippen molar-refractivity contribution in [3.63, 3.8) is 0 Å². The maximum atomic E-state index is 13.2. The Hall–Kier alpha value is -1.60. The van der Waals surface area contributed by atoms with E-state index in [1.54, 1.807) is 38.1 Å². The fourth-order valence-electron chi connectivity index (χ4n) is 2.22. The van der Waals surface area contributed by atoms with Crippen LogP contribution in [-0.2, 0) is 23.2 Å². The second kappa shape index (κ2) is 11.7. The summed E-state index contributed by atoms with van der Waals surface area (Å²) in [6.45, 7) is 2.97. The zero-order valence-corrected chi connectivity index (χ0v) is 19.3. The van der Waals surface area contributed by atoms with E-state index in [0.29, 0.717) is 10.8 Å². The normalized spacial score (nSPS) is 12.0. The van der Waals surface area contributed by atoms with Crippen LogP contribution in [0.3, 0.4) is 0 Å². The van der Waals surface area contributed by atoms with E-state index in [2.05, 4.69) is 5.16 Å². The van der Waals surface area contributed by atoms with Gasteiger partial charge in [-0.25, -0.2) is 4.79 Å². The molecule has 2 aromatic carbocycles. The Morgan fingerprint density at radius 2 is 1.63 bits per heavy atom. The largest absolute Gasteiger partial charge is 0.482 e. The molecule has 0 aromatic heterocycles. The highest BCUT2D eigenvalue weighted by atomic mass is 35.5. The van der Waals surface area contributed by atoms with Gasteiger partial charge in [0.25, 0.3) is 0 Å². The van der Waals surface area contributed by atoms with Crippen LogP contribution in [0.15, 0.2) is 47.6 Å². The molecule has 0 spiro atoms. The third-order valence-corrected chi connectivity index (χ3v) is 6.56. The van der Waals surface area contributed by atoms with Gasteiger partial charge in [0.05, 0.1) is 28.3 Å². The molecule has 0 unspecified atom stereocenters. The van der Waals surface area contributed by atoms with E-state index in [9.17, 15) is 9.36 Å². The average molecular weight is 495 g/mol. The van der Waals surface area contributed by atoms with Crippen molar-refractivity contribution in [1.82, 2.24) is 0 Å². The van der Waals surface area contributed by atoms with E-state index < -0.39 is 20.2 Å². The predicted molar refractivity (Wildman–Crippen MR) is 117 cm³/mol. The minimum absolute atomic E-state index is 0.0785. The van der Waals surface area contributed by atoms with E-state index in [4.69, 9.17) is 53.4 Å². The number of ether oxygens (including phenoxy) is 1. The van der Waals surface area contributed by atoms with Crippen molar-refractivity contribution in [3.8, 4) is 5.75 Å². The third-order valence-electron chi connectivity index (χ3n) is 3.45. The molecule has 2 rings (SSSR count). The maximum Gasteiger partial charge on any atom is 0.383 e. The Bertz CT molecular complexity index is 959. The Balaban J connectivity index is 2.23. The third kappa shape index (κ3) is 6.71. The van der Waals surface area contributed by atoms with Crippen molar-refractivity contribution in [2.24, 2.45) is 5.16 Å². The predicted octanol–water partition coefficient (Wildman–Crippen LogP) is 6.20. The van der Waals surface area contributed by atoms with Crippen LogP contribution in [0.5, 0.6) is 5.75 Å². The maximum absolute atomic E-state index is 13.2. The Morgan fingerprint density at radius 3 is 2.23 bits per heavy atom. The quantitative estimate of drug-likeness (QED) is 0.169. The van der Waals surface area contributed by atoms with E-state index in [0.717, 1.165) is 0 Å². The molecule has 0 bridgehead atoms. The molecule has 0 atom stereocenters. The summed E-state index contributed by atoms with van der Waals surface area (Å²) >= 11 is 17.9. The zero-order valence-electron chi connectivity index (χ0n) is 16.1. The molecular formula is C19H19Cl3NO6P. The smallest absolute Gasteiger partial charge is 0.383 e. The minimum atomic E-state index is -3.91. The topological polar surface area (TPSA) is 83.4 Å². The Morgan fingerprint density at radius 1 is 0.967 bits per heavy atom. The summed E-state index contributed by atoms with van der Waals surface area (Å²) in [5.74, 6) is -0.545. The van der Waals surface area contributed by atoms with Crippen molar-refractivity contribution in [3.05, 3.63) is 63.1 Å². The fourth-order valence-corrected chi connectivity index (χ4v) is 4.43. The SMILES string of the molecule is CCOP(=O)(OCC)C(=NOC(=O)COc1ccc(Cl)c(Cl)c1)c1ccccc1Cl. The number of rotatable bonds is 10. The van der Waals surface area contributed by atoms with Gasteiger partial charge in [0.2, 0.25) is 5.45 Å². The van der Waals surface area contributed by atoms with Gasteiger partial charge >= 0.3 is 13.6 Å². The van der Waals surface area contributed by atoms with Crippen molar-refractivity contribution in [2.75, 3.05) is 19.8 Å². The lowest BCUT2D eigenvalue weighted by Gasteiger charge is -2.19. The molecule has 162 valence electrons. The van der Waals surface area contributed by atoms with Gasteiger partial charge in [0.15, 0.2) is 6.61 Å². The van der Waals surface area contributed by atoms with Crippen molar-refractivity contribution >= 4 is 53.8 Å². The first-order valence-electron chi connectivity index (χ1n) is 8.81. The van der Waals surface area contributed by atoms with Gasteiger partial charge in [-0.3, -0.25) is 4.57 Å². The summed E-state index contributed by atoms with van der Waals surface area (Å²) in [5, 5.41) is 4.61. The molecule has 0 amide bonds. The second-order valence-corrected chi connectivity index (χ2v) is 8.71. The van der Waals surface area contributed by atoms with Gasteiger partial charge in [0.1, 0.15) is 5.75 Å². The molecular weight excluding hydrogens is 476 g/mol. The number of halogens is 3. The van der Waals surface area contributed by atoms with Crippen LogP contribution >= 0.6 is 42.4 Å². The number of benzene rings is 2. The molecule has 30 heavy (non-hydrogen) atoms. The first-order valence-corrected chi connectivity index (χ1v) is 11.5. The lowest BCUT2D eigenvalue weighted by atomic mass is 10.2. The van der Waals surface area contributed by atoms with Gasteiger partial charge in [-0.15, -0.1) is 0 Å². The van der Waals surface area contributed by atoms with E-state index in [-0.39, 0.29) is 34.3 Å². The molecule has 0 radical (unpaired) electrons. The highest BCUT2D eigenvalue weighted by Gasteiger charge is 2.35. The van der Waals surface area contributed by atoms with Gasteiger partial charge in [-0.05, 0) is 32.0 Å². The minimum Gasteiger partial charge on any atom is -0.482 e. The Labute approximate surface area is 189 Å². The van der Waals surface area contributed by atoms with Crippen molar-refractivity contribution < 1.29 is 28.0 Å². The molecule has 0 aliphatic carbocycles. The fraction of sp³-hybridized carbons (Fsp3) is 0.263. The molecule has 11 heteroatoms. The number of carbonyl (C=O) groups is 1. The number of nitrogens with zero attached hydrogens (tertiary/aromatic N) is 1. The molecule has 0 heterocycles. The lowest BCUT2D eigenvalue weighted by molar-refractivity contribution is -0.145. The zero-order chi connectivity index (χ0) is 22.1. The van der Waals surface area contributed by atoms with Gasteiger partial charge < -0.3 is 18.6 Å². The van der Waals surface area contributed by atoms with Crippen LogP contribution in [0.4, 0.5) is 0 Å². The molecule has 0 aliphatic rings. The number of carbonyl (C=O) groups excluding carboxylic acids is 1. The molecule has 0 aliphatic heterocycles. The van der Waals surface area contributed by atoms with E-state index in [1.165, 1.54) is 18.2 Å². The lowest BCUT2D eigenvalue weighted by Crippen LogP contribution is -2.15. The molecule has 0 saturated carbocycles. The molecule has 0 fully saturated rings. The van der Waals surface area contributed by atoms with Crippen molar-refractivity contribution in [1.29, 1.82) is 0 Å². The number of oxime groups is 1. The van der Waals surface area contributed by atoms with Crippen LogP contribution in [0, 0.1) is 0 Å². The van der Waals surface area contributed by atoms with Crippen LogP contribution < -0.4 is 4.74 Å². The summed E-state index contributed by atoms with van der Waals surface area (Å²) in [6, 6.07) is 11.0. The van der Waals surface area contributed by atoms with Crippen LogP contribution in [0.2, 0.25) is 15.1 Å². The summed E-state index contributed by atoms with van der Waals surface area (Å²) in [7, 11) is -3.91. The Kier molecular flexibility index (Phi) is 9.62. The van der Waals surface area contributed by atoms with E-state index in [1.807, 2.05) is 0 Å². The monoisotopic (exact) mass is 493 g/mol. The van der Waals surface area contributed by atoms with Crippen LogP contribution in [-0.4, -0.2) is 31.2 Å². The van der Waals surface area contributed by atoms with Gasteiger partial charge in [0, 0.05) is 11.6 Å². The molecule has 0 N–H and O–H groups in total. The first-order chi connectivity index (χ1) is 14.3. The van der Waals surface area contributed by atoms with Gasteiger partial charge in [-0.2, -0.15) is 0 Å². The molecule has 7 nitrogen and oxygen atoms in total.